The highest BCUT2D eigenvalue weighted by atomic mass is 32.1. The minimum absolute atomic E-state index is 0.405. The van der Waals surface area contributed by atoms with Crippen LogP contribution in [0.2, 0.25) is 0 Å². The van der Waals surface area contributed by atoms with Crippen LogP contribution in [0.3, 0.4) is 0 Å². The van der Waals surface area contributed by atoms with E-state index >= 15 is 0 Å². The van der Waals surface area contributed by atoms with Crippen LogP contribution in [-0.2, 0) is 6.42 Å². The molecule has 0 amide bonds. The van der Waals surface area contributed by atoms with Crippen LogP contribution in [0, 0.1) is 0 Å². The summed E-state index contributed by atoms with van der Waals surface area (Å²) in [7, 11) is 0. The second kappa shape index (κ2) is 6.92. The van der Waals surface area contributed by atoms with E-state index < -0.39 is 0 Å². The molecule has 0 aliphatic heterocycles. The Morgan fingerprint density at radius 3 is 3.00 bits per heavy atom. The fraction of sp³-hybridized carbons (Fsp3) is 0.700. The van der Waals surface area contributed by atoms with Gasteiger partial charge in [0.05, 0.1) is 5.51 Å². The first-order valence-corrected chi connectivity index (χ1v) is 6.08. The largest absolute Gasteiger partial charge is 0.271 e. The molecule has 0 aliphatic rings. The molecule has 14 heavy (non-hydrogen) atoms. The molecule has 3 N–H and O–H groups in total. The summed E-state index contributed by atoms with van der Waals surface area (Å²) < 4.78 is 0. The lowest BCUT2D eigenvalue weighted by atomic mass is 10.1. The summed E-state index contributed by atoms with van der Waals surface area (Å²) in [6.07, 6.45) is 7.89. The normalized spacial score (nSPS) is 13.0. The number of nitrogens with two attached hydrogens (primary N) is 1. The molecule has 0 radical (unpaired) electrons. The van der Waals surface area contributed by atoms with Gasteiger partial charge in [0.15, 0.2) is 0 Å². The number of hydrogen-bond donors (Lipinski definition) is 2. The van der Waals surface area contributed by atoms with E-state index in [-0.39, 0.29) is 0 Å². The molecule has 1 unspecified atom stereocenters. The van der Waals surface area contributed by atoms with Crippen LogP contribution in [0.25, 0.3) is 0 Å². The molecule has 0 saturated heterocycles. The first-order chi connectivity index (χ1) is 6.86. The summed E-state index contributed by atoms with van der Waals surface area (Å²) in [5.41, 5.74) is 4.75. The molecule has 0 spiro atoms. The van der Waals surface area contributed by atoms with Crippen molar-refractivity contribution in [1.29, 1.82) is 0 Å². The molecule has 80 valence electrons. The summed E-state index contributed by atoms with van der Waals surface area (Å²) in [6.45, 7) is 2.22. The van der Waals surface area contributed by atoms with Gasteiger partial charge in [-0.25, -0.2) is 0 Å². The Hall–Kier alpha value is -0.450. The second-order valence-corrected chi connectivity index (χ2v) is 4.50. The molecule has 1 rings (SSSR count). The number of aromatic nitrogens is 1. The van der Waals surface area contributed by atoms with E-state index in [2.05, 4.69) is 17.3 Å². The molecule has 1 heterocycles. The monoisotopic (exact) mass is 213 g/mol. The number of rotatable bonds is 7. The van der Waals surface area contributed by atoms with Crippen molar-refractivity contribution in [3.63, 3.8) is 0 Å². The van der Waals surface area contributed by atoms with Gasteiger partial charge in [0.2, 0.25) is 0 Å². The molecule has 0 fully saturated rings. The zero-order valence-corrected chi connectivity index (χ0v) is 9.52. The zero-order valence-electron chi connectivity index (χ0n) is 8.70. The standard InChI is InChI=1S/C10H19N3S/c1-2-3-4-5-9(13-11)6-10-7-12-8-14-10/h7-9,13H,2-6,11H2,1H3. The van der Waals surface area contributed by atoms with E-state index in [1.807, 2.05) is 11.7 Å². The van der Waals surface area contributed by atoms with Gasteiger partial charge in [-0.3, -0.25) is 16.3 Å². The average molecular weight is 213 g/mol. The molecule has 1 aromatic rings. The van der Waals surface area contributed by atoms with Crippen LogP contribution in [-0.4, -0.2) is 11.0 Å². The van der Waals surface area contributed by atoms with Crippen molar-refractivity contribution in [2.45, 2.75) is 45.1 Å². The molecule has 1 aromatic heterocycles. The van der Waals surface area contributed by atoms with Crippen molar-refractivity contribution < 1.29 is 0 Å². The number of hydrogen-bond acceptors (Lipinski definition) is 4. The Balaban J connectivity index is 2.24. The van der Waals surface area contributed by atoms with Gasteiger partial charge in [0.1, 0.15) is 0 Å². The number of nitrogens with one attached hydrogen (secondary N) is 1. The van der Waals surface area contributed by atoms with Gasteiger partial charge >= 0.3 is 0 Å². The highest BCUT2D eigenvalue weighted by molar-refractivity contribution is 7.09. The topological polar surface area (TPSA) is 50.9 Å². The van der Waals surface area contributed by atoms with Crippen LogP contribution in [0.5, 0.6) is 0 Å². The van der Waals surface area contributed by atoms with Gasteiger partial charge in [-0.1, -0.05) is 26.2 Å². The molecule has 0 saturated carbocycles. The van der Waals surface area contributed by atoms with Crippen LogP contribution >= 0.6 is 11.3 Å². The fourth-order valence-electron chi connectivity index (χ4n) is 1.47. The first-order valence-electron chi connectivity index (χ1n) is 5.20. The molecule has 0 bridgehead atoms. The highest BCUT2D eigenvalue weighted by Crippen LogP contribution is 2.12. The molecule has 0 aliphatic carbocycles. The van der Waals surface area contributed by atoms with Crippen molar-refractivity contribution in [2.24, 2.45) is 5.84 Å². The predicted octanol–water partition coefficient (Wildman–Crippen LogP) is 2.10. The van der Waals surface area contributed by atoms with Crippen molar-refractivity contribution >= 4 is 11.3 Å². The van der Waals surface area contributed by atoms with Crippen molar-refractivity contribution in [2.75, 3.05) is 0 Å². The Morgan fingerprint density at radius 1 is 1.57 bits per heavy atom. The van der Waals surface area contributed by atoms with Gasteiger partial charge in [-0.05, 0) is 6.42 Å². The third-order valence-corrected chi connectivity index (χ3v) is 3.12. The smallest absolute Gasteiger partial charge is 0.0794 e. The molecule has 1 atom stereocenters. The summed E-state index contributed by atoms with van der Waals surface area (Å²) >= 11 is 1.70. The summed E-state index contributed by atoms with van der Waals surface area (Å²) in [5.74, 6) is 5.51. The van der Waals surface area contributed by atoms with E-state index in [9.17, 15) is 0 Å². The van der Waals surface area contributed by atoms with E-state index in [4.69, 9.17) is 5.84 Å². The zero-order chi connectivity index (χ0) is 10.2. The SMILES string of the molecule is CCCCCC(Cc1cncs1)NN. The van der Waals surface area contributed by atoms with E-state index in [1.54, 1.807) is 11.3 Å². The molecule has 3 nitrogen and oxygen atoms in total. The van der Waals surface area contributed by atoms with Gasteiger partial charge in [0, 0.05) is 23.5 Å². The maximum absolute atomic E-state index is 5.51. The fourth-order valence-corrected chi connectivity index (χ4v) is 2.15. The average Bonchev–Trinajstić information content (AvgIpc) is 2.69. The Morgan fingerprint density at radius 2 is 2.43 bits per heavy atom. The molecular formula is C10H19N3S. The maximum Gasteiger partial charge on any atom is 0.0794 e. The lowest BCUT2D eigenvalue weighted by Crippen LogP contribution is -2.36. The van der Waals surface area contributed by atoms with Crippen molar-refractivity contribution in [3.8, 4) is 0 Å². The van der Waals surface area contributed by atoms with Crippen LogP contribution in [0.15, 0.2) is 11.7 Å². The summed E-state index contributed by atoms with van der Waals surface area (Å²) in [4.78, 5) is 5.37. The van der Waals surface area contributed by atoms with Crippen LogP contribution < -0.4 is 11.3 Å². The Kier molecular flexibility index (Phi) is 5.75. The molecule has 0 aromatic carbocycles. The molecule has 4 heteroatoms. The third kappa shape index (κ3) is 4.17. The Labute approximate surface area is 89.7 Å². The highest BCUT2D eigenvalue weighted by Gasteiger charge is 2.07. The van der Waals surface area contributed by atoms with Crippen molar-refractivity contribution in [1.82, 2.24) is 10.4 Å². The minimum atomic E-state index is 0.405. The number of nitrogens with zero attached hydrogens (tertiary/aromatic N) is 1. The molecular weight excluding hydrogens is 194 g/mol. The maximum atomic E-state index is 5.51. The van der Waals surface area contributed by atoms with Gasteiger partial charge < -0.3 is 0 Å². The lowest BCUT2D eigenvalue weighted by molar-refractivity contribution is 0.469. The lowest BCUT2D eigenvalue weighted by Gasteiger charge is -2.13. The van der Waals surface area contributed by atoms with Crippen LogP contribution in [0.4, 0.5) is 0 Å². The van der Waals surface area contributed by atoms with Crippen molar-refractivity contribution in [3.05, 3.63) is 16.6 Å². The number of hydrazine groups is 1. The summed E-state index contributed by atoms with van der Waals surface area (Å²) in [5, 5.41) is 0. The second-order valence-electron chi connectivity index (χ2n) is 3.53. The number of thiazole rings is 1. The quantitative estimate of drug-likeness (QED) is 0.414. The van der Waals surface area contributed by atoms with Gasteiger partial charge in [-0.15, -0.1) is 11.3 Å². The predicted molar refractivity (Wildman–Crippen MR) is 61.1 cm³/mol. The van der Waals surface area contributed by atoms with Gasteiger partial charge in [-0.2, -0.15) is 0 Å². The van der Waals surface area contributed by atoms with Gasteiger partial charge in [0.25, 0.3) is 0 Å². The van der Waals surface area contributed by atoms with E-state index in [0.717, 1.165) is 12.8 Å². The third-order valence-electron chi connectivity index (χ3n) is 2.32. The van der Waals surface area contributed by atoms with E-state index in [1.165, 1.54) is 24.1 Å². The van der Waals surface area contributed by atoms with Crippen LogP contribution in [0.1, 0.15) is 37.5 Å². The Bertz CT molecular complexity index is 223. The summed E-state index contributed by atoms with van der Waals surface area (Å²) in [6, 6.07) is 0.405. The first kappa shape index (κ1) is 11.6. The minimum Gasteiger partial charge on any atom is -0.271 e. The van der Waals surface area contributed by atoms with E-state index in [0.29, 0.717) is 6.04 Å². The number of unbranched alkanes of at least 4 members (excludes halogenated alkanes) is 2.